The van der Waals surface area contributed by atoms with E-state index in [0.29, 0.717) is 32.0 Å². The third-order valence-electron chi connectivity index (χ3n) is 3.94. The van der Waals surface area contributed by atoms with Crippen LogP contribution < -0.4 is 10.6 Å². The lowest BCUT2D eigenvalue weighted by Crippen LogP contribution is -2.51. The summed E-state index contributed by atoms with van der Waals surface area (Å²) in [5, 5.41) is 14.7. The molecule has 1 amide bonds. The minimum Gasteiger partial charge on any atom is -0.353 e. The summed E-state index contributed by atoms with van der Waals surface area (Å²) in [4.78, 5) is 17.9. The summed E-state index contributed by atoms with van der Waals surface area (Å²) in [6, 6.07) is 0.190. The molecule has 1 saturated heterocycles. The molecule has 1 atom stereocenters. The van der Waals surface area contributed by atoms with Crippen molar-refractivity contribution in [3.8, 4) is 0 Å². The van der Waals surface area contributed by atoms with E-state index in [1.54, 1.807) is 11.0 Å². The summed E-state index contributed by atoms with van der Waals surface area (Å²) in [5.41, 5.74) is 0. The number of rotatable bonds is 5. The Labute approximate surface area is 136 Å². The van der Waals surface area contributed by atoms with Gasteiger partial charge in [-0.25, -0.2) is 4.99 Å². The van der Waals surface area contributed by atoms with Gasteiger partial charge in [0.1, 0.15) is 12.4 Å². The molecule has 8 heteroatoms. The van der Waals surface area contributed by atoms with E-state index in [9.17, 15) is 4.79 Å². The van der Waals surface area contributed by atoms with Crippen LogP contribution in [-0.2, 0) is 18.4 Å². The summed E-state index contributed by atoms with van der Waals surface area (Å²) in [5.74, 6) is 2.54. The van der Waals surface area contributed by atoms with Gasteiger partial charge in [0.15, 0.2) is 11.8 Å². The molecular weight excluding hydrogens is 294 g/mol. The van der Waals surface area contributed by atoms with Gasteiger partial charge in [-0.3, -0.25) is 4.79 Å². The summed E-state index contributed by atoms with van der Waals surface area (Å²) >= 11 is 0. The molecule has 0 spiro atoms. The number of aryl methyl sites for hydroxylation is 1. The van der Waals surface area contributed by atoms with E-state index in [1.807, 2.05) is 25.6 Å². The molecule has 23 heavy (non-hydrogen) atoms. The van der Waals surface area contributed by atoms with E-state index >= 15 is 0 Å². The minimum atomic E-state index is 0.190. The number of likely N-dealkylation sites (N-methyl/N-ethyl adjacent to an activating group) is 1. The molecular formula is C15H25N7O. The first kappa shape index (κ1) is 17.0. The smallest absolute Gasteiger partial charge is 0.222 e. The molecule has 0 saturated carbocycles. The van der Waals surface area contributed by atoms with E-state index in [-0.39, 0.29) is 11.9 Å². The van der Waals surface area contributed by atoms with Crippen molar-refractivity contribution in [3.05, 3.63) is 24.3 Å². The molecule has 1 unspecified atom stereocenters. The van der Waals surface area contributed by atoms with Crippen molar-refractivity contribution in [2.45, 2.75) is 32.4 Å². The van der Waals surface area contributed by atoms with Gasteiger partial charge in [-0.2, -0.15) is 0 Å². The van der Waals surface area contributed by atoms with Crippen molar-refractivity contribution < 1.29 is 4.79 Å². The van der Waals surface area contributed by atoms with Gasteiger partial charge in [-0.15, -0.1) is 16.8 Å². The van der Waals surface area contributed by atoms with Gasteiger partial charge in [0.25, 0.3) is 0 Å². The average molecular weight is 319 g/mol. The quantitative estimate of drug-likeness (QED) is 0.452. The van der Waals surface area contributed by atoms with Gasteiger partial charge in [-0.05, 0) is 13.3 Å². The molecule has 1 aliphatic rings. The Morgan fingerprint density at radius 2 is 2.26 bits per heavy atom. The Kier molecular flexibility index (Phi) is 5.72. The SMILES string of the molecule is C=CCNC(=NCc1nnc(C)n1C)NC1CCC(=O)N(C)C1. The first-order chi connectivity index (χ1) is 11.0. The molecule has 0 radical (unpaired) electrons. The molecule has 1 aliphatic heterocycles. The van der Waals surface area contributed by atoms with Crippen LogP contribution in [0.2, 0.25) is 0 Å². The van der Waals surface area contributed by atoms with Crippen molar-refractivity contribution in [3.63, 3.8) is 0 Å². The minimum absolute atomic E-state index is 0.190. The second-order valence-corrected chi connectivity index (χ2v) is 5.71. The normalized spacial score (nSPS) is 18.9. The van der Waals surface area contributed by atoms with E-state index in [1.165, 1.54) is 0 Å². The van der Waals surface area contributed by atoms with E-state index in [2.05, 4.69) is 32.4 Å². The Balaban J connectivity index is 2.01. The predicted molar refractivity (Wildman–Crippen MR) is 88.9 cm³/mol. The lowest BCUT2D eigenvalue weighted by atomic mass is 10.1. The molecule has 8 nitrogen and oxygen atoms in total. The monoisotopic (exact) mass is 319 g/mol. The number of guanidine groups is 1. The summed E-state index contributed by atoms with van der Waals surface area (Å²) in [6.45, 7) is 7.35. The van der Waals surface area contributed by atoms with Gasteiger partial charge >= 0.3 is 0 Å². The van der Waals surface area contributed by atoms with Gasteiger partial charge in [0, 0.05) is 39.6 Å². The number of carbonyl (C=O) groups excluding carboxylic acids is 1. The highest BCUT2D eigenvalue weighted by Gasteiger charge is 2.23. The third kappa shape index (κ3) is 4.54. The summed E-state index contributed by atoms with van der Waals surface area (Å²) in [6.07, 6.45) is 3.15. The fourth-order valence-electron chi connectivity index (χ4n) is 2.38. The number of amides is 1. The maximum Gasteiger partial charge on any atom is 0.222 e. The van der Waals surface area contributed by atoms with Crippen LogP contribution in [0.5, 0.6) is 0 Å². The maximum absolute atomic E-state index is 11.6. The number of hydrogen-bond acceptors (Lipinski definition) is 4. The molecule has 0 bridgehead atoms. The van der Waals surface area contributed by atoms with E-state index in [0.717, 1.165) is 18.1 Å². The molecule has 1 aromatic heterocycles. The summed E-state index contributed by atoms with van der Waals surface area (Å²) < 4.78 is 1.92. The zero-order valence-corrected chi connectivity index (χ0v) is 14.0. The molecule has 2 heterocycles. The highest BCUT2D eigenvalue weighted by molar-refractivity contribution is 5.81. The number of nitrogens with one attached hydrogen (secondary N) is 2. The van der Waals surface area contributed by atoms with Crippen molar-refractivity contribution >= 4 is 11.9 Å². The van der Waals surface area contributed by atoms with Crippen LogP contribution >= 0.6 is 0 Å². The van der Waals surface area contributed by atoms with Gasteiger partial charge in [-0.1, -0.05) is 6.08 Å². The topological polar surface area (TPSA) is 87.4 Å². The van der Waals surface area contributed by atoms with Crippen LogP contribution in [0.4, 0.5) is 0 Å². The Morgan fingerprint density at radius 3 is 2.87 bits per heavy atom. The highest BCUT2D eigenvalue weighted by atomic mass is 16.2. The fourth-order valence-corrected chi connectivity index (χ4v) is 2.38. The van der Waals surface area contributed by atoms with E-state index < -0.39 is 0 Å². The van der Waals surface area contributed by atoms with Crippen LogP contribution in [0.3, 0.4) is 0 Å². The van der Waals surface area contributed by atoms with Crippen LogP contribution in [0.1, 0.15) is 24.5 Å². The Morgan fingerprint density at radius 1 is 1.48 bits per heavy atom. The molecule has 2 rings (SSSR count). The molecule has 2 N–H and O–H groups in total. The zero-order chi connectivity index (χ0) is 16.8. The number of piperidine rings is 1. The third-order valence-corrected chi connectivity index (χ3v) is 3.94. The fraction of sp³-hybridized carbons (Fsp3) is 0.600. The van der Waals surface area contributed by atoms with Crippen LogP contribution in [0.25, 0.3) is 0 Å². The average Bonchev–Trinajstić information content (AvgIpc) is 2.85. The van der Waals surface area contributed by atoms with Crippen molar-refractivity contribution in [1.82, 2.24) is 30.3 Å². The lowest BCUT2D eigenvalue weighted by molar-refractivity contribution is -0.132. The zero-order valence-electron chi connectivity index (χ0n) is 14.0. The van der Waals surface area contributed by atoms with Crippen LogP contribution in [-0.4, -0.2) is 57.7 Å². The first-order valence-electron chi connectivity index (χ1n) is 7.75. The Hall–Kier alpha value is -2.38. The van der Waals surface area contributed by atoms with Crippen molar-refractivity contribution in [1.29, 1.82) is 0 Å². The molecule has 0 aliphatic carbocycles. The van der Waals surface area contributed by atoms with Gasteiger partial charge in [0.2, 0.25) is 5.91 Å². The second kappa shape index (κ2) is 7.75. The summed E-state index contributed by atoms with van der Waals surface area (Å²) in [7, 11) is 3.75. The molecule has 1 fully saturated rings. The Bertz CT molecular complexity index is 593. The molecule has 126 valence electrons. The lowest BCUT2D eigenvalue weighted by Gasteiger charge is -2.31. The first-order valence-corrected chi connectivity index (χ1v) is 7.75. The number of likely N-dealkylation sites (tertiary alicyclic amines) is 1. The highest BCUT2D eigenvalue weighted by Crippen LogP contribution is 2.09. The van der Waals surface area contributed by atoms with Crippen molar-refractivity contribution in [2.24, 2.45) is 12.0 Å². The maximum atomic E-state index is 11.6. The molecule has 1 aromatic rings. The largest absolute Gasteiger partial charge is 0.353 e. The number of aliphatic imine (C=N–C) groups is 1. The predicted octanol–water partition coefficient (Wildman–Crippen LogP) is -0.0345. The van der Waals surface area contributed by atoms with E-state index in [4.69, 9.17) is 0 Å². The van der Waals surface area contributed by atoms with Crippen molar-refractivity contribution in [2.75, 3.05) is 20.1 Å². The van der Waals surface area contributed by atoms with Gasteiger partial charge in [0.05, 0.1) is 0 Å². The standard InChI is InChI=1S/C15H25N7O/c1-5-8-16-15(17-9-13-20-19-11(2)22(13)4)18-12-6-7-14(23)21(3)10-12/h5,12H,1,6-10H2,2-4H3,(H2,16,17,18). The van der Waals surface area contributed by atoms with Gasteiger partial charge < -0.3 is 20.1 Å². The van der Waals surface area contributed by atoms with Crippen LogP contribution in [0.15, 0.2) is 17.6 Å². The number of carbonyl (C=O) groups is 1. The number of nitrogens with zero attached hydrogens (tertiary/aromatic N) is 5. The molecule has 0 aromatic carbocycles. The number of aromatic nitrogens is 3. The second-order valence-electron chi connectivity index (χ2n) is 5.71. The number of hydrogen-bond donors (Lipinski definition) is 2. The van der Waals surface area contributed by atoms with Crippen LogP contribution in [0, 0.1) is 6.92 Å².